The predicted molar refractivity (Wildman–Crippen MR) is 99.7 cm³/mol. The maximum atomic E-state index is 3.55. The lowest BCUT2D eigenvalue weighted by atomic mass is 9.99. The second-order valence-corrected chi connectivity index (χ2v) is 7.91. The fourth-order valence-electron chi connectivity index (χ4n) is 3.15. The average Bonchev–Trinajstić information content (AvgIpc) is 2.97. The molecule has 0 radical (unpaired) electrons. The lowest BCUT2D eigenvalue weighted by Crippen LogP contribution is -2.32. The Morgan fingerprint density at radius 1 is 1.04 bits per heavy atom. The topological polar surface area (TPSA) is 15.3 Å². The molecule has 1 aliphatic heterocycles. The van der Waals surface area contributed by atoms with E-state index in [1.165, 1.54) is 47.5 Å². The van der Waals surface area contributed by atoms with E-state index < -0.39 is 0 Å². The zero-order chi connectivity index (χ0) is 16.1. The Morgan fingerprint density at radius 3 is 2.39 bits per heavy atom. The minimum atomic E-state index is 0.909. The van der Waals surface area contributed by atoms with Crippen LogP contribution in [-0.2, 0) is 19.6 Å². The summed E-state index contributed by atoms with van der Waals surface area (Å²) in [5.41, 5.74) is 4.21. The highest BCUT2D eigenvalue weighted by Crippen LogP contribution is 2.18. The van der Waals surface area contributed by atoms with Crippen molar-refractivity contribution in [2.45, 2.75) is 46.3 Å². The number of nitrogens with zero attached hydrogens (tertiary/aromatic N) is 1. The number of thiophene rings is 1. The SMILES string of the molecule is Cc1ccsc1CNCc1ccc(CN2CCC(C)CC2)cc1. The molecule has 3 rings (SSSR count). The standard InChI is InChI=1S/C20H28N2S/c1-16-7-10-22(11-8-16)15-19-5-3-18(4-6-19)13-21-14-20-17(2)9-12-23-20/h3-6,9,12,16,21H,7-8,10-11,13-15H2,1-2H3. The molecule has 1 aromatic heterocycles. The minimum absolute atomic E-state index is 0.909. The highest BCUT2D eigenvalue weighted by atomic mass is 32.1. The second-order valence-electron chi connectivity index (χ2n) is 6.91. The fourth-order valence-corrected chi connectivity index (χ4v) is 4.02. The monoisotopic (exact) mass is 328 g/mol. The second kappa shape index (κ2) is 8.09. The first-order chi connectivity index (χ1) is 11.2. The average molecular weight is 329 g/mol. The van der Waals surface area contributed by atoms with Crippen LogP contribution in [0, 0.1) is 12.8 Å². The summed E-state index contributed by atoms with van der Waals surface area (Å²) in [6.45, 7) is 10.1. The van der Waals surface area contributed by atoms with Crippen LogP contribution in [0.3, 0.4) is 0 Å². The van der Waals surface area contributed by atoms with Crippen LogP contribution < -0.4 is 5.32 Å². The van der Waals surface area contributed by atoms with Gasteiger partial charge in [-0.05, 0) is 66.9 Å². The molecule has 0 spiro atoms. The first-order valence-electron chi connectivity index (χ1n) is 8.74. The molecular formula is C20H28N2S. The third-order valence-electron chi connectivity index (χ3n) is 4.89. The van der Waals surface area contributed by atoms with Gasteiger partial charge in [0.2, 0.25) is 0 Å². The normalized spacial score (nSPS) is 16.8. The summed E-state index contributed by atoms with van der Waals surface area (Å²) in [6.07, 6.45) is 2.70. The van der Waals surface area contributed by atoms with Crippen molar-refractivity contribution in [1.82, 2.24) is 10.2 Å². The molecule has 124 valence electrons. The lowest BCUT2D eigenvalue weighted by Gasteiger charge is -2.30. The van der Waals surface area contributed by atoms with Crippen LogP contribution in [0.5, 0.6) is 0 Å². The Balaban J connectivity index is 1.44. The van der Waals surface area contributed by atoms with Crippen molar-refractivity contribution < 1.29 is 0 Å². The minimum Gasteiger partial charge on any atom is -0.308 e. The molecule has 1 N–H and O–H groups in total. The summed E-state index contributed by atoms with van der Waals surface area (Å²) in [5, 5.41) is 5.72. The smallest absolute Gasteiger partial charge is 0.0305 e. The molecule has 0 bridgehead atoms. The van der Waals surface area contributed by atoms with E-state index in [4.69, 9.17) is 0 Å². The molecule has 0 atom stereocenters. The van der Waals surface area contributed by atoms with E-state index in [1.54, 1.807) is 0 Å². The Hall–Kier alpha value is -1.16. The Labute approximate surface area is 144 Å². The van der Waals surface area contributed by atoms with Gasteiger partial charge in [-0.1, -0.05) is 31.2 Å². The van der Waals surface area contributed by atoms with Crippen molar-refractivity contribution in [3.8, 4) is 0 Å². The highest BCUT2D eigenvalue weighted by Gasteiger charge is 2.15. The quantitative estimate of drug-likeness (QED) is 0.835. The molecule has 3 heteroatoms. The number of nitrogens with one attached hydrogen (secondary N) is 1. The molecule has 1 saturated heterocycles. The van der Waals surface area contributed by atoms with Gasteiger partial charge >= 0.3 is 0 Å². The molecule has 2 aromatic rings. The Kier molecular flexibility index (Phi) is 5.87. The molecule has 23 heavy (non-hydrogen) atoms. The molecule has 1 aliphatic rings. The van der Waals surface area contributed by atoms with Crippen LogP contribution in [0.25, 0.3) is 0 Å². The van der Waals surface area contributed by atoms with Gasteiger partial charge in [-0.25, -0.2) is 0 Å². The van der Waals surface area contributed by atoms with Gasteiger partial charge in [-0.15, -0.1) is 11.3 Å². The van der Waals surface area contributed by atoms with Gasteiger partial charge in [-0.3, -0.25) is 4.90 Å². The predicted octanol–water partition coefficient (Wildman–Crippen LogP) is 4.58. The summed E-state index contributed by atoms with van der Waals surface area (Å²) in [7, 11) is 0. The number of aryl methyl sites for hydroxylation is 1. The van der Waals surface area contributed by atoms with Crippen LogP contribution in [-0.4, -0.2) is 18.0 Å². The summed E-state index contributed by atoms with van der Waals surface area (Å²) in [6, 6.07) is 11.3. The van der Waals surface area contributed by atoms with Crippen molar-refractivity contribution in [1.29, 1.82) is 0 Å². The van der Waals surface area contributed by atoms with Gasteiger partial charge in [-0.2, -0.15) is 0 Å². The molecule has 2 nitrogen and oxygen atoms in total. The number of hydrogen-bond donors (Lipinski definition) is 1. The Bertz CT molecular complexity index is 594. The van der Waals surface area contributed by atoms with Gasteiger partial charge in [0.15, 0.2) is 0 Å². The van der Waals surface area contributed by atoms with E-state index in [1.807, 2.05) is 11.3 Å². The molecule has 0 amide bonds. The van der Waals surface area contributed by atoms with Gasteiger partial charge < -0.3 is 5.32 Å². The first kappa shape index (κ1) is 16.7. The molecule has 0 unspecified atom stereocenters. The van der Waals surface area contributed by atoms with Crippen molar-refractivity contribution >= 4 is 11.3 Å². The summed E-state index contributed by atoms with van der Waals surface area (Å²) < 4.78 is 0. The van der Waals surface area contributed by atoms with Gasteiger partial charge in [0, 0.05) is 24.5 Å². The van der Waals surface area contributed by atoms with Crippen LogP contribution in [0.2, 0.25) is 0 Å². The third kappa shape index (κ3) is 4.90. The molecule has 1 fully saturated rings. The molecule has 2 heterocycles. The van der Waals surface area contributed by atoms with Crippen molar-refractivity contribution in [3.63, 3.8) is 0 Å². The van der Waals surface area contributed by atoms with Crippen LogP contribution in [0.4, 0.5) is 0 Å². The summed E-state index contributed by atoms with van der Waals surface area (Å²) in [5.74, 6) is 0.909. The van der Waals surface area contributed by atoms with Crippen molar-refractivity contribution in [2.24, 2.45) is 5.92 Å². The van der Waals surface area contributed by atoms with Gasteiger partial charge in [0.25, 0.3) is 0 Å². The fraction of sp³-hybridized carbons (Fsp3) is 0.500. The van der Waals surface area contributed by atoms with Crippen LogP contribution in [0.15, 0.2) is 35.7 Å². The van der Waals surface area contributed by atoms with E-state index in [0.29, 0.717) is 0 Å². The number of likely N-dealkylation sites (tertiary alicyclic amines) is 1. The van der Waals surface area contributed by atoms with Gasteiger partial charge in [0.1, 0.15) is 0 Å². The largest absolute Gasteiger partial charge is 0.308 e. The lowest BCUT2D eigenvalue weighted by molar-refractivity contribution is 0.185. The van der Waals surface area contributed by atoms with E-state index in [2.05, 4.69) is 59.8 Å². The Morgan fingerprint density at radius 2 is 1.74 bits per heavy atom. The highest BCUT2D eigenvalue weighted by molar-refractivity contribution is 7.10. The molecule has 0 saturated carbocycles. The molecule has 0 aliphatic carbocycles. The number of piperidine rings is 1. The first-order valence-corrected chi connectivity index (χ1v) is 9.62. The van der Waals surface area contributed by atoms with Crippen LogP contribution >= 0.6 is 11.3 Å². The number of benzene rings is 1. The zero-order valence-electron chi connectivity index (χ0n) is 14.3. The summed E-state index contributed by atoms with van der Waals surface area (Å²) >= 11 is 1.84. The van der Waals surface area contributed by atoms with E-state index in [9.17, 15) is 0 Å². The van der Waals surface area contributed by atoms with Crippen LogP contribution in [0.1, 0.15) is 41.3 Å². The molecule has 1 aromatic carbocycles. The van der Waals surface area contributed by atoms with Crippen molar-refractivity contribution in [2.75, 3.05) is 13.1 Å². The summed E-state index contributed by atoms with van der Waals surface area (Å²) in [4.78, 5) is 4.04. The number of hydrogen-bond acceptors (Lipinski definition) is 3. The van der Waals surface area contributed by atoms with E-state index >= 15 is 0 Å². The van der Waals surface area contributed by atoms with E-state index in [-0.39, 0.29) is 0 Å². The number of rotatable bonds is 6. The zero-order valence-corrected chi connectivity index (χ0v) is 15.2. The maximum Gasteiger partial charge on any atom is 0.0305 e. The van der Waals surface area contributed by atoms with E-state index in [0.717, 1.165) is 25.6 Å². The van der Waals surface area contributed by atoms with Crippen molar-refractivity contribution in [3.05, 3.63) is 57.3 Å². The third-order valence-corrected chi connectivity index (χ3v) is 5.91. The van der Waals surface area contributed by atoms with Gasteiger partial charge in [0.05, 0.1) is 0 Å². The maximum absolute atomic E-state index is 3.55. The molecular weight excluding hydrogens is 300 g/mol.